The van der Waals surface area contributed by atoms with Gasteiger partial charge in [-0.2, -0.15) is 0 Å². The number of nitrogens with zero attached hydrogens (tertiary/aromatic N) is 1. The van der Waals surface area contributed by atoms with Gasteiger partial charge in [0.15, 0.2) is 11.5 Å². The average molecular weight is 339 g/mol. The molecule has 2 N–H and O–H groups in total. The molecule has 6 heteroatoms. The van der Waals surface area contributed by atoms with Gasteiger partial charge in [0.25, 0.3) is 0 Å². The lowest BCUT2D eigenvalue weighted by atomic mass is 9.92. The van der Waals surface area contributed by atoms with E-state index in [1.54, 1.807) is 6.07 Å². The van der Waals surface area contributed by atoms with E-state index in [2.05, 4.69) is 13.8 Å². The predicted octanol–water partition coefficient (Wildman–Crippen LogP) is 2.10. The van der Waals surface area contributed by atoms with Gasteiger partial charge in [0, 0.05) is 30.2 Å². The monoisotopic (exact) mass is 338 g/mol. The van der Waals surface area contributed by atoms with Gasteiger partial charge in [-0.15, -0.1) is 0 Å². The summed E-state index contributed by atoms with van der Waals surface area (Å²) in [6.45, 7) is 6.67. The molecule has 0 unspecified atom stereocenters. The lowest BCUT2D eigenvalue weighted by Crippen LogP contribution is -2.33. The molecule has 23 heavy (non-hydrogen) atoms. The Morgan fingerprint density at radius 3 is 2.57 bits per heavy atom. The summed E-state index contributed by atoms with van der Waals surface area (Å²) in [7, 11) is 0. The third-order valence-corrected chi connectivity index (χ3v) is 5.03. The Hall–Kier alpha value is -1.46. The second-order valence-corrected chi connectivity index (χ2v) is 7.04. The number of fused-ring (bicyclic) bond motifs is 1. The van der Waals surface area contributed by atoms with Gasteiger partial charge >= 0.3 is 0 Å². The third kappa shape index (κ3) is 3.40. The van der Waals surface area contributed by atoms with Gasteiger partial charge in [0.05, 0.1) is 6.42 Å². The molecule has 2 aliphatic heterocycles. The van der Waals surface area contributed by atoms with Crippen LogP contribution in [0.15, 0.2) is 12.1 Å². The van der Waals surface area contributed by atoms with Gasteiger partial charge in [0.2, 0.25) is 5.91 Å². The molecule has 126 valence electrons. The van der Waals surface area contributed by atoms with E-state index < -0.39 is 0 Å². The quantitative estimate of drug-likeness (QED) is 0.916. The Morgan fingerprint density at radius 2 is 1.96 bits per heavy atom. The number of halogens is 1. The summed E-state index contributed by atoms with van der Waals surface area (Å²) < 4.78 is 11.1. The topological polar surface area (TPSA) is 64.8 Å². The SMILES string of the molecule is CC(C)[C@@H]1CN(C(=O)Cc2cc3c(cc2Cl)OCCO3)C[C@H]1N. The van der Waals surface area contributed by atoms with Crippen LogP contribution in [0.5, 0.6) is 11.5 Å². The first-order chi connectivity index (χ1) is 11.0. The first-order valence-electron chi connectivity index (χ1n) is 8.07. The fraction of sp³-hybridized carbons (Fsp3) is 0.588. The van der Waals surface area contributed by atoms with E-state index >= 15 is 0 Å². The molecule has 0 aromatic heterocycles. The number of hydrogen-bond acceptors (Lipinski definition) is 4. The molecule has 0 aliphatic carbocycles. The van der Waals surface area contributed by atoms with E-state index in [1.807, 2.05) is 11.0 Å². The second kappa shape index (κ2) is 6.57. The summed E-state index contributed by atoms with van der Waals surface area (Å²) >= 11 is 6.29. The highest BCUT2D eigenvalue weighted by atomic mass is 35.5. The van der Waals surface area contributed by atoms with E-state index in [-0.39, 0.29) is 18.4 Å². The normalized spacial score (nSPS) is 23.4. The highest BCUT2D eigenvalue weighted by Crippen LogP contribution is 2.36. The molecule has 0 saturated carbocycles. The first-order valence-corrected chi connectivity index (χ1v) is 8.45. The van der Waals surface area contributed by atoms with Crippen LogP contribution in [-0.4, -0.2) is 43.2 Å². The molecule has 0 bridgehead atoms. The highest BCUT2D eigenvalue weighted by molar-refractivity contribution is 6.31. The fourth-order valence-electron chi connectivity index (χ4n) is 3.28. The van der Waals surface area contributed by atoms with Gasteiger partial charge in [-0.05, 0) is 23.5 Å². The van der Waals surface area contributed by atoms with Crippen molar-refractivity contribution < 1.29 is 14.3 Å². The molecule has 1 aromatic carbocycles. The van der Waals surface area contributed by atoms with Crippen LogP contribution in [-0.2, 0) is 11.2 Å². The van der Waals surface area contributed by atoms with Crippen LogP contribution in [0.1, 0.15) is 19.4 Å². The third-order valence-electron chi connectivity index (χ3n) is 4.67. The summed E-state index contributed by atoms with van der Waals surface area (Å²) in [4.78, 5) is 14.4. The Balaban J connectivity index is 1.71. The lowest BCUT2D eigenvalue weighted by molar-refractivity contribution is -0.129. The maximum Gasteiger partial charge on any atom is 0.227 e. The zero-order chi connectivity index (χ0) is 16.6. The Labute approximate surface area is 141 Å². The molecule has 2 atom stereocenters. The van der Waals surface area contributed by atoms with E-state index in [0.29, 0.717) is 48.1 Å². The molecule has 0 spiro atoms. The summed E-state index contributed by atoms with van der Waals surface area (Å²) in [6.07, 6.45) is 0.257. The number of benzene rings is 1. The maximum absolute atomic E-state index is 12.6. The van der Waals surface area contributed by atoms with Crippen molar-refractivity contribution in [2.75, 3.05) is 26.3 Å². The summed E-state index contributed by atoms with van der Waals surface area (Å²) in [6, 6.07) is 3.59. The summed E-state index contributed by atoms with van der Waals surface area (Å²) in [5.41, 5.74) is 6.93. The van der Waals surface area contributed by atoms with Crippen LogP contribution in [0.4, 0.5) is 0 Å². The van der Waals surface area contributed by atoms with E-state index in [1.165, 1.54) is 0 Å². The number of likely N-dealkylation sites (tertiary alicyclic amines) is 1. The molecule has 0 radical (unpaired) electrons. The van der Waals surface area contributed by atoms with Crippen molar-refractivity contribution in [3.05, 3.63) is 22.7 Å². The standard InChI is InChI=1S/C17H23ClN2O3/c1-10(2)12-8-20(9-14(12)19)17(21)6-11-5-15-16(7-13(11)18)23-4-3-22-15/h5,7,10,12,14H,3-4,6,8-9,19H2,1-2H3/t12-,14+/m0/s1. The van der Waals surface area contributed by atoms with E-state index in [4.69, 9.17) is 26.8 Å². The summed E-state index contributed by atoms with van der Waals surface area (Å²) in [5.74, 6) is 2.18. The zero-order valence-electron chi connectivity index (χ0n) is 13.5. The van der Waals surface area contributed by atoms with Gasteiger partial charge in [0.1, 0.15) is 13.2 Å². The van der Waals surface area contributed by atoms with Crippen LogP contribution in [0, 0.1) is 11.8 Å². The minimum absolute atomic E-state index is 0.0506. The van der Waals surface area contributed by atoms with E-state index in [9.17, 15) is 4.79 Å². The zero-order valence-corrected chi connectivity index (χ0v) is 14.3. The molecule has 2 aliphatic rings. The Morgan fingerprint density at radius 1 is 1.30 bits per heavy atom. The van der Waals surface area contributed by atoms with Crippen LogP contribution >= 0.6 is 11.6 Å². The number of rotatable bonds is 3. The van der Waals surface area contributed by atoms with Crippen molar-refractivity contribution in [1.29, 1.82) is 0 Å². The molecule has 1 saturated heterocycles. The largest absolute Gasteiger partial charge is 0.486 e. The first kappa shape index (κ1) is 16.4. The molecule has 5 nitrogen and oxygen atoms in total. The average Bonchev–Trinajstić information content (AvgIpc) is 2.90. The fourth-order valence-corrected chi connectivity index (χ4v) is 3.50. The number of carbonyl (C=O) groups excluding carboxylic acids is 1. The molecule has 1 amide bonds. The van der Waals surface area contributed by atoms with Crippen LogP contribution in [0.2, 0.25) is 5.02 Å². The highest BCUT2D eigenvalue weighted by Gasteiger charge is 2.34. The smallest absolute Gasteiger partial charge is 0.227 e. The Kier molecular flexibility index (Phi) is 4.69. The van der Waals surface area contributed by atoms with Crippen molar-refractivity contribution >= 4 is 17.5 Å². The van der Waals surface area contributed by atoms with Crippen molar-refractivity contribution in [2.24, 2.45) is 17.6 Å². The van der Waals surface area contributed by atoms with Gasteiger partial charge in [-0.1, -0.05) is 25.4 Å². The van der Waals surface area contributed by atoms with Crippen molar-refractivity contribution in [2.45, 2.75) is 26.3 Å². The molecular formula is C17H23ClN2O3. The molecule has 1 aromatic rings. The predicted molar refractivity (Wildman–Crippen MR) is 89.0 cm³/mol. The minimum atomic E-state index is 0.0506. The van der Waals surface area contributed by atoms with Crippen molar-refractivity contribution in [3.63, 3.8) is 0 Å². The number of hydrogen-bond donors (Lipinski definition) is 1. The number of nitrogens with two attached hydrogens (primary N) is 1. The number of ether oxygens (including phenoxy) is 2. The molecular weight excluding hydrogens is 316 g/mol. The summed E-state index contributed by atoms with van der Waals surface area (Å²) in [5, 5.41) is 0.534. The van der Waals surface area contributed by atoms with Crippen molar-refractivity contribution in [1.82, 2.24) is 4.90 Å². The molecule has 2 heterocycles. The van der Waals surface area contributed by atoms with Crippen LogP contribution in [0.3, 0.4) is 0 Å². The lowest BCUT2D eigenvalue weighted by Gasteiger charge is -2.21. The van der Waals surface area contributed by atoms with Gasteiger partial charge in [-0.3, -0.25) is 4.79 Å². The Bertz CT molecular complexity index is 606. The van der Waals surface area contributed by atoms with E-state index in [0.717, 1.165) is 12.1 Å². The van der Waals surface area contributed by atoms with Gasteiger partial charge in [-0.25, -0.2) is 0 Å². The maximum atomic E-state index is 12.6. The van der Waals surface area contributed by atoms with Crippen LogP contribution < -0.4 is 15.2 Å². The number of amides is 1. The van der Waals surface area contributed by atoms with Crippen LogP contribution in [0.25, 0.3) is 0 Å². The van der Waals surface area contributed by atoms with Crippen molar-refractivity contribution in [3.8, 4) is 11.5 Å². The number of carbonyl (C=O) groups is 1. The minimum Gasteiger partial charge on any atom is -0.486 e. The van der Waals surface area contributed by atoms with Gasteiger partial charge < -0.3 is 20.1 Å². The molecule has 1 fully saturated rings. The molecule has 3 rings (SSSR count). The second-order valence-electron chi connectivity index (χ2n) is 6.63.